The third kappa shape index (κ3) is 2.53. The lowest BCUT2D eigenvalue weighted by Crippen LogP contribution is -2.06. The number of nitrogens with zero attached hydrogens (tertiary/aromatic N) is 1. The van der Waals surface area contributed by atoms with Gasteiger partial charge < -0.3 is 9.73 Å². The van der Waals surface area contributed by atoms with Crippen LogP contribution in [0, 0.1) is 13.8 Å². The molecule has 104 valence electrons. The monoisotopic (exact) mass is 306 g/mol. The van der Waals surface area contributed by atoms with Crippen molar-refractivity contribution in [2.45, 2.75) is 26.8 Å². The highest BCUT2D eigenvalue weighted by Gasteiger charge is 2.14. The number of fused-ring (bicyclic) bond motifs is 1. The van der Waals surface area contributed by atoms with Gasteiger partial charge in [0.15, 0.2) is 5.13 Å². The summed E-state index contributed by atoms with van der Waals surface area (Å²) in [6.45, 7) is 6.05. The first-order chi connectivity index (χ1) is 9.52. The van der Waals surface area contributed by atoms with E-state index in [1.807, 2.05) is 32.0 Å². The smallest absolute Gasteiger partial charge is 0.184 e. The Morgan fingerprint density at radius 3 is 2.80 bits per heavy atom. The first-order valence-corrected chi connectivity index (χ1v) is 7.62. The fourth-order valence-corrected chi connectivity index (χ4v) is 3.41. The summed E-state index contributed by atoms with van der Waals surface area (Å²) in [7, 11) is 0. The van der Waals surface area contributed by atoms with Gasteiger partial charge in [-0.2, -0.15) is 0 Å². The summed E-state index contributed by atoms with van der Waals surface area (Å²) in [5.74, 6) is 1.88. The van der Waals surface area contributed by atoms with Crippen molar-refractivity contribution in [1.82, 2.24) is 4.98 Å². The molecule has 3 rings (SSSR count). The number of hydrogen-bond acceptors (Lipinski definition) is 4. The van der Waals surface area contributed by atoms with Crippen LogP contribution in [-0.4, -0.2) is 4.98 Å². The zero-order valence-electron chi connectivity index (χ0n) is 11.5. The third-order valence-electron chi connectivity index (χ3n) is 3.24. The Bertz CT molecular complexity index is 762. The molecule has 1 unspecified atom stereocenters. The summed E-state index contributed by atoms with van der Waals surface area (Å²) < 4.78 is 6.70. The highest BCUT2D eigenvalue weighted by molar-refractivity contribution is 7.22. The molecule has 0 fully saturated rings. The van der Waals surface area contributed by atoms with Gasteiger partial charge in [-0.15, -0.1) is 0 Å². The van der Waals surface area contributed by atoms with E-state index < -0.39 is 0 Å². The van der Waals surface area contributed by atoms with Crippen LogP contribution >= 0.6 is 22.9 Å². The molecule has 0 saturated carbocycles. The molecule has 0 aliphatic heterocycles. The summed E-state index contributed by atoms with van der Waals surface area (Å²) in [6, 6.07) is 7.99. The molecule has 3 nitrogen and oxygen atoms in total. The topological polar surface area (TPSA) is 38.1 Å². The molecule has 2 aromatic heterocycles. The normalized spacial score (nSPS) is 12.8. The predicted octanol–water partition coefficient (Wildman–Crippen LogP) is 5.33. The minimum Gasteiger partial charge on any atom is -0.466 e. The van der Waals surface area contributed by atoms with Crippen molar-refractivity contribution in [3.8, 4) is 0 Å². The first kappa shape index (κ1) is 13.5. The van der Waals surface area contributed by atoms with Gasteiger partial charge in [0.25, 0.3) is 0 Å². The number of thiazole rings is 1. The molecule has 0 bridgehead atoms. The van der Waals surface area contributed by atoms with Crippen molar-refractivity contribution in [3.05, 3.63) is 46.4 Å². The van der Waals surface area contributed by atoms with Crippen molar-refractivity contribution in [2.24, 2.45) is 0 Å². The van der Waals surface area contributed by atoms with Crippen LogP contribution in [0.4, 0.5) is 5.13 Å². The van der Waals surface area contributed by atoms with Crippen LogP contribution in [0.1, 0.15) is 30.0 Å². The number of nitrogens with one attached hydrogen (secondary N) is 1. The summed E-state index contributed by atoms with van der Waals surface area (Å²) in [5.41, 5.74) is 2.09. The number of benzene rings is 1. The maximum absolute atomic E-state index is 5.98. The zero-order chi connectivity index (χ0) is 14.3. The SMILES string of the molecule is Cc1cc(C(C)Nc2nc3cc(Cl)ccc3s2)c(C)o1. The fraction of sp³-hybridized carbons (Fsp3) is 0.267. The molecule has 1 N–H and O–H groups in total. The highest BCUT2D eigenvalue weighted by Crippen LogP contribution is 2.31. The minimum absolute atomic E-state index is 0.156. The van der Waals surface area contributed by atoms with Crippen molar-refractivity contribution in [3.63, 3.8) is 0 Å². The lowest BCUT2D eigenvalue weighted by Gasteiger charge is -2.11. The van der Waals surface area contributed by atoms with Crippen molar-refractivity contribution < 1.29 is 4.42 Å². The number of halogens is 1. The van der Waals surface area contributed by atoms with Gasteiger partial charge in [-0.3, -0.25) is 0 Å². The molecule has 1 atom stereocenters. The van der Waals surface area contributed by atoms with E-state index in [0.29, 0.717) is 5.02 Å². The van der Waals surface area contributed by atoms with Crippen LogP contribution in [0.25, 0.3) is 10.2 Å². The number of aromatic nitrogens is 1. The van der Waals surface area contributed by atoms with Crippen LogP contribution in [0.15, 0.2) is 28.7 Å². The second kappa shape index (κ2) is 5.11. The molecule has 0 aliphatic carbocycles. The Balaban J connectivity index is 1.87. The van der Waals surface area contributed by atoms with Gasteiger partial charge in [0.1, 0.15) is 11.5 Å². The van der Waals surface area contributed by atoms with Gasteiger partial charge in [0.05, 0.1) is 16.3 Å². The van der Waals surface area contributed by atoms with Crippen LogP contribution < -0.4 is 5.32 Å². The average molecular weight is 307 g/mol. The van der Waals surface area contributed by atoms with E-state index in [0.717, 1.165) is 26.9 Å². The minimum atomic E-state index is 0.156. The van der Waals surface area contributed by atoms with E-state index in [9.17, 15) is 0 Å². The fourth-order valence-electron chi connectivity index (χ4n) is 2.31. The van der Waals surface area contributed by atoms with Gasteiger partial charge in [-0.25, -0.2) is 4.98 Å². The van der Waals surface area contributed by atoms with E-state index >= 15 is 0 Å². The number of anilines is 1. The van der Waals surface area contributed by atoms with Gasteiger partial charge in [-0.1, -0.05) is 22.9 Å². The Labute approximate surface area is 126 Å². The quantitative estimate of drug-likeness (QED) is 0.710. The van der Waals surface area contributed by atoms with E-state index in [1.165, 1.54) is 5.56 Å². The highest BCUT2D eigenvalue weighted by atomic mass is 35.5. The molecule has 0 saturated heterocycles. The molecular weight excluding hydrogens is 292 g/mol. The van der Waals surface area contributed by atoms with Crippen molar-refractivity contribution in [1.29, 1.82) is 0 Å². The van der Waals surface area contributed by atoms with E-state index in [4.69, 9.17) is 16.0 Å². The predicted molar refractivity (Wildman–Crippen MR) is 84.8 cm³/mol. The molecule has 2 heterocycles. The number of rotatable bonds is 3. The maximum Gasteiger partial charge on any atom is 0.184 e. The molecule has 3 aromatic rings. The lowest BCUT2D eigenvalue weighted by atomic mass is 10.1. The van der Waals surface area contributed by atoms with Crippen molar-refractivity contribution in [2.75, 3.05) is 5.32 Å². The van der Waals surface area contributed by atoms with Crippen LogP contribution in [0.3, 0.4) is 0 Å². The third-order valence-corrected chi connectivity index (χ3v) is 4.44. The number of hydrogen-bond donors (Lipinski definition) is 1. The molecular formula is C15H15ClN2OS. The summed E-state index contributed by atoms with van der Waals surface area (Å²) in [5, 5.41) is 5.03. The summed E-state index contributed by atoms with van der Waals surface area (Å²) in [4.78, 5) is 4.57. The first-order valence-electron chi connectivity index (χ1n) is 6.42. The standard InChI is InChI=1S/C15H15ClN2OS/c1-8-6-12(10(3)19-8)9(2)17-15-18-13-7-11(16)4-5-14(13)20-15/h4-7,9H,1-3H3,(H,17,18). The zero-order valence-corrected chi connectivity index (χ0v) is 13.1. The largest absolute Gasteiger partial charge is 0.466 e. The van der Waals surface area contributed by atoms with E-state index in [2.05, 4.69) is 23.3 Å². The number of aryl methyl sites for hydroxylation is 2. The Kier molecular flexibility index (Phi) is 3.44. The average Bonchev–Trinajstić information content (AvgIpc) is 2.91. The Morgan fingerprint density at radius 1 is 1.30 bits per heavy atom. The molecule has 20 heavy (non-hydrogen) atoms. The second-order valence-corrected chi connectivity index (χ2v) is 6.33. The van der Waals surface area contributed by atoms with E-state index in [1.54, 1.807) is 11.3 Å². The van der Waals surface area contributed by atoms with Crippen LogP contribution in [0.2, 0.25) is 5.02 Å². The van der Waals surface area contributed by atoms with Gasteiger partial charge in [0.2, 0.25) is 0 Å². The van der Waals surface area contributed by atoms with E-state index in [-0.39, 0.29) is 6.04 Å². The summed E-state index contributed by atoms with van der Waals surface area (Å²) in [6.07, 6.45) is 0. The Hall–Kier alpha value is -1.52. The lowest BCUT2D eigenvalue weighted by molar-refractivity contribution is 0.500. The molecule has 5 heteroatoms. The maximum atomic E-state index is 5.98. The summed E-state index contributed by atoms with van der Waals surface area (Å²) >= 11 is 7.62. The Morgan fingerprint density at radius 2 is 2.10 bits per heavy atom. The molecule has 0 spiro atoms. The number of furan rings is 1. The van der Waals surface area contributed by atoms with Crippen LogP contribution in [-0.2, 0) is 0 Å². The molecule has 1 aromatic carbocycles. The molecule has 0 amide bonds. The van der Waals surface area contributed by atoms with Gasteiger partial charge >= 0.3 is 0 Å². The van der Waals surface area contributed by atoms with Crippen LogP contribution in [0.5, 0.6) is 0 Å². The molecule has 0 radical (unpaired) electrons. The van der Waals surface area contributed by atoms with Gasteiger partial charge in [0, 0.05) is 10.6 Å². The molecule has 0 aliphatic rings. The van der Waals surface area contributed by atoms with Crippen molar-refractivity contribution >= 4 is 38.3 Å². The van der Waals surface area contributed by atoms with Gasteiger partial charge in [-0.05, 0) is 45.0 Å². The second-order valence-electron chi connectivity index (χ2n) is 4.87.